The Morgan fingerprint density at radius 1 is 1.33 bits per heavy atom. The summed E-state index contributed by atoms with van der Waals surface area (Å²) in [5.74, 6) is 0.182. The summed E-state index contributed by atoms with van der Waals surface area (Å²) in [5.41, 5.74) is 2.64. The molecule has 0 unspecified atom stereocenters. The van der Waals surface area contributed by atoms with E-state index in [-0.39, 0.29) is 5.88 Å². The van der Waals surface area contributed by atoms with Crippen molar-refractivity contribution in [3.8, 4) is 5.88 Å². The molecular formula is C17H17N3O2S2. The number of hydrogen-bond donors (Lipinski definition) is 1. The van der Waals surface area contributed by atoms with E-state index >= 15 is 0 Å². The van der Waals surface area contributed by atoms with Gasteiger partial charge in [-0.3, -0.25) is 4.57 Å². The highest BCUT2D eigenvalue weighted by atomic mass is 32.1. The summed E-state index contributed by atoms with van der Waals surface area (Å²) in [6, 6.07) is 9.85. The monoisotopic (exact) mass is 359 g/mol. The Bertz CT molecular complexity index is 864. The summed E-state index contributed by atoms with van der Waals surface area (Å²) < 4.78 is 7.43. The number of ether oxygens (including phenoxy) is 1. The molecule has 24 heavy (non-hydrogen) atoms. The number of benzene rings is 1. The van der Waals surface area contributed by atoms with Gasteiger partial charge in [0.1, 0.15) is 5.71 Å². The van der Waals surface area contributed by atoms with Gasteiger partial charge in [0, 0.05) is 31.4 Å². The lowest BCUT2D eigenvalue weighted by Gasteiger charge is -2.04. The predicted molar refractivity (Wildman–Crippen MR) is 101 cm³/mol. The summed E-state index contributed by atoms with van der Waals surface area (Å²) >= 11 is 6.74. The molecule has 0 radical (unpaired) electrons. The van der Waals surface area contributed by atoms with Crippen LogP contribution in [0.25, 0.3) is 6.08 Å². The molecule has 2 aromatic rings. The van der Waals surface area contributed by atoms with Crippen LogP contribution in [-0.4, -0.2) is 35.3 Å². The van der Waals surface area contributed by atoms with E-state index in [1.807, 2.05) is 36.4 Å². The molecule has 1 aromatic heterocycles. The number of nitrogens with zero attached hydrogens (tertiary/aromatic N) is 3. The third-order valence-electron chi connectivity index (χ3n) is 3.59. The molecule has 0 saturated carbocycles. The number of thiazole rings is 1. The second-order valence-corrected chi connectivity index (χ2v) is 6.89. The summed E-state index contributed by atoms with van der Waals surface area (Å²) in [6.07, 6.45) is 4.37. The van der Waals surface area contributed by atoms with Gasteiger partial charge in [-0.1, -0.05) is 30.3 Å². The molecule has 2 heterocycles. The molecule has 7 heteroatoms. The second-order valence-electron chi connectivity index (χ2n) is 5.21. The van der Waals surface area contributed by atoms with Crippen LogP contribution in [0.15, 0.2) is 46.1 Å². The van der Waals surface area contributed by atoms with Crippen LogP contribution in [0, 0.1) is 3.95 Å². The van der Waals surface area contributed by atoms with E-state index in [4.69, 9.17) is 17.0 Å². The molecule has 0 aliphatic carbocycles. The molecule has 5 nitrogen and oxygen atoms in total. The molecule has 0 spiro atoms. The van der Waals surface area contributed by atoms with Gasteiger partial charge in [-0.15, -0.1) is 16.4 Å². The number of allylic oxidation sites excluding steroid dienone is 1. The maximum atomic E-state index is 10.5. The SMILES string of the molecule is COCCCn1c(O)c(C=C2C=NN=C2c2ccccc2)sc1=S. The maximum absolute atomic E-state index is 10.5. The predicted octanol–water partition coefficient (Wildman–Crippen LogP) is 3.89. The van der Waals surface area contributed by atoms with Crippen molar-refractivity contribution < 1.29 is 9.84 Å². The van der Waals surface area contributed by atoms with Gasteiger partial charge in [0.2, 0.25) is 5.88 Å². The molecule has 0 bridgehead atoms. The van der Waals surface area contributed by atoms with Crippen LogP contribution in [0.1, 0.15) is 16.9 Å². The largest absolute Gasteiger partial charge is 0.493 e. The molecule has 124 valence electrons. The molecular weight excluding hydrogens is 342 g/mol. The molecule has 0 amide bonds. The third-order valence-corrected chi connectivity index (χ3v) is 4.97. The first-order valence-electron chi connectivity index (χ1n) is 7.50. The summed E-state index contributed by atoms with van der Waals surface area (Å²) in [6.45, 7) is 1.26. The van der Waals surface area contributed by atoms with Crippen molar-refractivity contribution in [3.63, 3.8) is 0 Å². The minimum atomic E-state index is 0.182. The fraction of sp³-hybridized carbons (Fsp3) is 0.235. The van der Waals surface area contributed by atoms with E-state index in [1.165, 1.54) is 11.3 Å². The molecule has 1 aliphatic rings. The minimum absolute atomic E-state index is 0.182. The third kappa shape index (κ3) is 3.53. The van der Waals surface area contributed by atoms with Crippen molar-refractivity contribution in [2.45, 2.75) is 13.0 Å². The van der Waals surface area contributed by atoms with Crippen LogP contribution in [0.4, 0.5) is 0 Å². The number of aromatic nitrogens is 1. The molecule has 1 aliphatic heterocycles. The number of aromatic hydroxyl groups is 1. The summed E-state index contributed by atoms with van der Waals surface area (Å²) in [4.78, 5) is 0.712. The first kappa shape index (κ1) is 16.8. The van der Waals surface area contributed by atoms with Gasteiger partial charge < -0.3 is 9.84 Å². The quantitative estimate of drug-likeness (QED) is 0.629. The lowest BCUT2D eigenvalue weighted by atomic mass is 10.0. The highest BCUT2D eigenvalue weighted by Gasteiger charge is 2.16. The first-order valence-corrected chi connectivity index (χ1v) is 8.73. The lowest BCUT2D eigenvalue weighted by molar-refractivity contribution is 0.189. The minimum Gasteiger partial charge on any atom is -0.493 e. The zero-order chi connectivity index (χ0) is 16.9. The van der Waals surface area contributed by atoms with Gasteiger partial charge in [-0.2, -0.15) is 5.10 Å². The van der Waals surface area contributed by atoms with Crippen LogP contribution in [0.5, 0.6) is 5.88 Å². The average molecular weight is 359 g/mol. The topological polar surface area (TPSA) is 59.1 Å². The van der Waals surface area contributed by atoms with Gasteiger partial charge >= 0.3 is 0 Å². The highest BCUT2D eigenvalue weighted by Crippen LogP contribution is 2.29. The molecule has 1 N–H and O–H groups in total. The van der Waals surface area contributed by atoms with Crippen molar-refractivity contribution >= 4 is 41.6 Å². The fourth-order valence-electron chi connectivity index (χ4n) is 2.41. The first-order chi connectivity index (χ1) is 11.7. The molecule has 0 saturated heterocycles. The van der Waals surface area contributed by atoms with Crippen LogP contribution in [-0.2, 0) is 11.3 Å². The summed E-state index contributed by atoms with van der Waals surface area (Å²) in [7, 11) is 1.66. The van der Waals surface area contributed by atoms with Crippen LogP contribution in [0.3, 0.4) is 0 Å². The zero-order valence-corrected chi connectivity index (χ0v) is 14.8. The fourth-order valence-corrected chi connectivity index (χ4v) is 3.72. The average Bonchev–Trinajstić information content (AvgIpc) is 3.16. The Morgan fingerprint density at radius 3 is 2.88 bits per heavy atom. The van der Waals surface area contributed by atoms with Crippen molar-refractivity contribution in [1.29, 1.82) is 0 Å². The zero-order valence-electron chi connectivity index (χ0n) is 13.2. The van der Waals surface area contributed by atoms with Crippen molar-refractivity contribution in [1.82, 2.24) is 4.57 Å². The van der Waals surface area contributed by atoms with E-state index in [1.54, 1.807) is 17.9 Å². The Balaban J connectivity index is 1.89. The van der Waals surface area contributed by atoms with Crippen LogP contribution in [0.2, 0.25) is 0 Å². The second kappa shape index (κ2) is 7.65. The van der Waals surface area contributed by atoms with E-state index in [2.05, 4.69) is 10.2 Å². The molecule has 1 aromatic carbocycles. The smallest absolute Gasteiger partial charge is 0.210 e. The van der Waals surface area contributed by atoms with Gasteiger partial charge in [-0.05, 0) is 24.7 Å². The van der Waals surface area contributed by atoms with Crippen molar-refractivity contribution in [2.75, 3.05) is 13.7 Å². The van der Waals surface area contributed by atoms with Crippen LogP contribution < -0.4 is 0 Å². The van der Waals surface area contributed by atoms with Crippen molar-refractivity contribution in [3.05, 3.63) is 50.3 Å². The standard InChI is InChI=1S/C17H17N3O2S2/c1-22-9-5-8-20-16(21)14(24-17(20)23)10-13-11-18-19-15(13)12-6-3-2-4-7-12/h2-4,6-7,10-11,21H,5,8-9H2,1H3. The van der Waals surface area contributed by atoms with Gasteiger partial charge in [0.25, 0.3) is 0 Å². The van der Waals surface area contributed by atoms with Gasteiger partial charge in [-0.25, -0.2) is 0 Å². The van der Waals surface area contributed by atoms with Gasteiger partial charge in [0.15, 0.2) is 3.95 Å². The van der Waals surface area contributed by atoms with E-state index in [9.17, 15) is 5.11 Å². The van der Waals surface area contributed by atoms with E-state index < -0.39 is 0 Å². The Kier molecular flexibility index (Phi) is 5.34. The Labute approximate surface area is 149 Å². The summed E-state index contributed by atoms with van der Waals surface area (Å²) in [5, 5.41) is 18.7. The Hall–Kier alpha value is -2.09. The van der Waals surface area contributed by atoms with E-state index in [0.29, 0.717) is 22.0 Å². The number of methoxy groups -OCH3 is 1. The molecule has 3 rings (SSSR count). The Morgan fingerprint density at radius 2 is 2.12 bits per heavy atom. The van der Waals surface area contributed by atoms with Gasteiger partial charge in [0.05, 0.1) is 11.1 Å². The number of rotatable bonds is 6. The van der Waals surface area contributed by atoms with E-state index in [0.717, 1.165) is 23.3 Å². The van der Waals surface area contributed by atoms with Crippen molar-refractivity contribution in [2.24, 2.45) is 10.2 Å². The number of hydrogen-bond acceptors (Lipinski definition) is 6. The molecule has 0 fully saturated rings. The maximum Gasteiger partial charge on any atom is 0.210 e. The lowest BCUT2D eigenvalue weighted by Crippen LogP contribution is -2.02. The molecule has 0 atom stereocenters. The normalized spacial score (nSPS) is 15.2. The highest BCUT2D eigenvalue weighted by molar-refractivity contribution is 7.73. The van der Waals surface area contributed by atoms with Crippen LogP contribution >= 0.6 is 23.6 Å².